The minimum Gasteiger partial charge on any atom is -0.0984 e. The van der Waals surface area contributed by atoms with Gasteiger partial charge in [-0.25, -0.2) is 0 Å². The summed E-state index contributed by atoms with van der Waals surface area (Å²) in [6, 6.07) is 0. The van der Waals surface area contributed by atoms with Crippen LogP contribution in [0.2, 0.25) is 0 Å². The maximum atomic E-state index is 4.02. The SMILES string of the molecule is C=C(S/C=C\C)C1=CC=CCC=C1. The fraction of sp³-hybridized carbons (Fsp3) is 0.167. The summed E-state index contributed by atoms with van der Waals surface area (Å²) in [5.41, 5.74) is 1.21. The van der Waals surface area contributed by atoms with Crippen molar-refractivity contribution in [2.45, 2.75) is 13.3 Å². The molecule has 1 rings (SSSR count). The molecule has 68 valence electrons. The third-order valence-electron chi connectivity index (χ3n) is 1.65. The quantitative estimate of drug-likeness (QED) is 0.642. The summed E-state index contributed by atoms with van der Waals surface area (Å²) in [4.78, 5) is 1.10. The second kappa shape index (κ2) is 5.65. The zero-order valence-corrected chi connectivity index (χ0v) is 8.68. The molecule has 13 heavy (non-hydrogen) atoms. The maximum absolute atomic E-state index is 4.02. The van der Waals surface area contributed by atoms with Gasteiger partial charge in [0.15, 0.2) is 0 Å². The molecule has 0 bridgehead atoms. The van der Waals surface area contributed by atoms with Crippen molar-refractivity contribution in [2.75, 3.05) is 0 Å². The molecule has 0 N–H and O–H groups in total. The van der Waals surface area contributed by atoms with E-state index in [2.05, 4.69) is 37.0 Å². The first-order valence-electron chi connectivity index (χ1n) is 4.35. The summed E-state index contributed by atoms with van der Waals surface area (Å²) < 4.78 is 0. The van der Waals surface area contributed by atoms with Gasteiger partial charge in [0.1, 0.15) is 0 Å². The molecule has 0 aromatic heterocycles. The molecule has 0 aromatic rings. The monoisotopic (exact) mass is 190 g/mol. The van der Waals surface area contributed by atoms with Gasteiger partial charge in [-0.05, 0) is 24.3 Å². The Morgan fingerprint density at radius 1 is 1.54 bits per heavy atom. The van der Waals surface area contributed by atoms with Gasteiger partial charge in [-0.3, -0.25) is 0 Å². The maximum Gasteiger partial charge on any atom is 0.0116 e. The second-order valence-electron chi connectivity index (χ2n) is 2.70. The molecule has 0 spiro atoms. The minimum atomic E-state index is 1.02. The zero-order chi connectivity index (χ0) is 9.52. The summed E-state index contributed by atoms with van der Waals surface area (Å²) in [7, 11) is 0. The topological polar surface area (TPSA) is 0 Å². The van der Waals surface area contributed by atoms with Crippen molar-refractivity contribution in [3.05, 3.63) is 58.9 Å². The summed E-state index contributed by atoms with van der Waals surface area (Å²) >= 11 is 1.66. The van der Waals surface area contributed by atoms with Crippen LogP contribution in [0.3, 0.4) is 0 Å². The highest BCUT2D eigenvalue weighted by molar-refractivity contribution is 8.06. The first-order valence-corrected chi connectivity index (χ1v) is 5.23. The van der Waals surface area contributed by atoms with Gasteiger partial charge >= 0.3 is 0 Å². The van der Waals surface area contributed by atoms with Crippen LogP contribution in [-0.4, -0.2) is 0 Å². The van der Waals surface area contributed by atoms with Crippen molar-refractivity contribution >= 4 is 11.8 Å². The van der Waals surface area contributed by atoms with E-state index >= 15 is 0 Å². The Morgan fingerprint density at radius 2 is 2.38 bits per heavy atom. The highest BCUT2D eigenvalue weighted by Gasteiger charge is 1.97. The Hall–Kier alpha value is -0.950. The Kier molecular flexibility index (Phi) is 4.41. The number of allylic oxidation sites excluding steroid dienone is 7. The Balaban J connectivity index is 2.64. The summed E-state index contributed by atoms with van der Waals surface area (Å²) in [6.07, 6.45) is 13.6. The van der Waals surface area contributed by atoms with Crippen molar-refractivity contribution in [3.8, 4) is 0 Å². The summed E-state index contributed by atoms with van der Waals surface area (Å²) in [5.74, 6) is 0. The molecule has 0 aromatic carbocycles. The van der Waals surface area contributed by atoms with E-state index in [0.29, 0.717) is 0 Å². The van der Waals surface area contributed by atoms with Crippen LogP contribution < -0.4 is 0 Å². The van der Waals surface area contributed by atoms with E-state index in [0.717, 1.165) is 11.3 Å². The van der Waals surface area contributed by atoms with Crippen molar-refractivity contribution in [1.29, 1.82) is 0 Å². The van der Waals surface area contributed by atoms with Gasteiger partial charge in [0.05, 0.1) is 0 Å². The molecule has 0 heterocycles. The van der Waals surface area contributed by atoms with E-state index in [-0.39, 0.29) is 0 Å². The van der Waals surface area contributed by atoms with Gasteiger partial charge in [-0.15, -0.1) is 0 Å². The predicted octanol–water partition coefficient (Wildman–Crippen LogP) is 4.21. The minimum absolute atomic E-state index is 1.02. The molecule has 1 aliphatic rings. The van der Waals surface area contributed by atoms with Crippen LogP contribution in [0.4, 0.5) is 0 Å². The van der Waals surface area contributed by atoms with Gasteiger partial charge in [0, 0.05) is 4.91 Å². The molecule has 0 saturated heterocycles. The lowest BCUT2D eigenvalue weighted by Gasteiger charge is -2.00. The Morgan fingerprint density at radius 3 is 3.15 bits per heavy atom. The van der Waals surface area contributed by atoms with Crippen LogP contribution in [0.15, 0.2) is 58.9 Å². The van der Waals surface area contributed by atoms with E-state index in [4.69, 9.17) is 0 Å². The molecule has 0 radical (unpaired) electrons. The third kappa shape index (κ3) is 3.51. The average Bonchev–Trinajstić information content (AvgIpc) is 2.42. The van der Waals surface area contributed by atoms with Gasteiger partial charge in [0.25, 0.3) is 0 Å². The third-order valence-corrected chi connectivity index (χ3v) is 2.58. The first-order chi connectivity index (χ1) is 6.34. The summed E-state index contributed by atoms with van der Waals surface area (Å²) in [5, 5.41) is 2.05. The molecular weight excluding hydrogens is 176 g/mol. The largest absolute Gasteiger partial charge is 0.0984 e. The molecule has 1 aliphatic carbocycles. The Labute approximate surface area is 84.4 Å². The van der Waals surface area contributed by atoms with Crippen molar-refractivity contribution < 1.29 is 0 Å². The summed E-state index contributed by atoms with van der Waals surface area (Å²) in [6.45, 7) is 6.03. The fourth-order valence-electron chi connectivity index (χ4n) is 0.984. The molecule has 0 unspecified atom stereocenters. The van der Waals surface area contributed by atoms with Gasteiger partial charge in [-0.2, -0.15) is 0 Å². The highest BCUT2D eigenvalue weighted by atomic mass is 32.2. The molecular formula is C12H14S. The van der Waals surface area contributed by atoms with E-state index in [1.807, 2.05) is 18.4 Å². The molecule has 0 nitrogen and oxygen atoms in total. The van der Waals surface area contributed by atoms with Gasteiger partial charge in [-0.1, -0.05) is 54.8 Å². The van der Waals surface area contributed by atoms with Crippen LogP contribution >= 0.6 is 11.8 Å². The smallest absolute Gasteiger partial charge is 0.0116 e. The zero-order valence-electron chi connectivity index (χ0n) is 7.86. The number of hydrogen-bond acceptors (Lipinski definition) is 1. The van der Waals surface area contributed by atoms with Crippen LogP contribution in [0.25, 0.3) is 0 Å². The average molecular weight is 190 g/mol. The lowest BCUT2D eigenvalue weighted by Crippen LogP contribution is -1.76. The second-order valence-corrected chi connectivity index (χ2v) is 3.70. The predicted molar refractivity (Wildman–Crippen MR) is 62.5 cm³/mol. The fourth-order valence-corrected chi connectivity index (χ4v) is 1.56. The molecule has 0 amide bonds. The van der Waals surface area contributed by atoms with Gasteiger partial charge in [0.2, 0.25) is 0 Å². The Bertz CT molecular complexity index is 290. The van der Waals surface area contributed by atoms with Crippen LogP contribution in [0, 0.1) is 0 Å². The van der Waals surface area contributed by atoms with Crippen LogP contribution in [-0.2, 0) is 0 Å². The number of rotatable bonds is 3. The van der Waals surface area contributed by atoms with E-state index in [1.54, 1.807) is 11.8 Å². The van der Waals surface area contributed by atoms with E-state index < -0.39 is 0 Å². The standard InChI is InChI=1S/C12H14S/c1-3-10-13-11(2)12-8-6-4-5-7-9-12/h3-4,6-10H,2,5H2,1H3/b10-3-. The molecule has 0 atom stereocenters. The van der Waals surface area contributed by atoms with Gasteiger partial charge < -0.3 is 0 Å². The van der Waals surface area contributed by atoms with E-state index in [1.165, 1.54) is 5.57 Å². The van der Waals surface area contributed by atoms with Crippen molar-refractivity contribution in [3.63, 3.8) is 0 Å². The molecule has 0 aliphatic heterocycles. The molecule has 0 fully saturated rings. The lowest BCUT2D eigenvalue weighted by molar-refractivity contribution is 1.40. The first kappa shape index (κ1) is 10.1. The van der Waals surface area contributed by atoms with Crippen LogP contribution in [0.1, 0.15) is 13.3 Å². The van der Waals surface area contributed by atoms with Crippen molar-refractivity contribution in [1.82, 2.24) is 0 Å². The molecule has 0 saturated carbocycles. The highest BCUT2D eigenvalue weighted by Crippen LogP contribution is 2.25. The van der Waals surface area contributed by atoms with E-state index in [9.17, 15) is 0 Å². The van der Waals surface area contributed by atoms with Crippen LogP contribution in [0.5, 0.6) is 0 Å². The normalized spacial score (nSPS) is 15.9. The van der Waals surface area contributed by atoms with Crippen molar-refractivity contribution in [2.24, 2.45) is 0 Å². The lowest BCUT2D eigenvalue weighted by atomic mass is 10.2. The molecule has 1 heteroatoms. The number of hydrogen-bond donors (Lipinski definition) is 0. The number of thioether (sulfide) groups is 1.